The van der Waals surface area contributed by atoms with Crippen molar-refractivity contribution in [1.82, 2.24) is 5.32 Å². The van der Waals surface area contributed by atoms with E-state index in [-0.39, 0.29) is 17.1 Å². The lowest BCUT2D eigenvalue weighted by atomic mass is 9.78. The number of amides is 1. The monoisotopic (exact) mass is 305 g/mol. The van der Waals surface area contributed by atoms with Crippen molar-refractivity contribution >= 4 is 5.91 Å². The highest BCUT2D eigenvalue weighted by Crippen LogP contribution is 2.41. The second kappa shape index (κ2) is 6.78. The molecule has 0 radical (unpaired) electrons. The van der Waals surface area contributed by atoms with E-state index in [2.05, 4.69) is 5.32 Å². The van der Waals surface area contributed by atoms with E-state index >= 15 is 0 Å². The van der Waals surface area contributed by atoms with E-state index in [1.165, 1.54) is 6.07 Å². The van der Waals surface area contributed by atoms with Gasteiger partial charge in [0.25, 0.3) is 0 Å². The minimum Gasteiger partial charge on any atom is -0.381 e. The fourth-order valence-corrected chi connectivity index (χ4v) is 3.83. The van der Waals surface area contributed by atoms with Gasteiger partial charge >= 0.3 is 0 Å². The quantitative estimate of drug-likeness (QED) is 0.907. The van der Waals surface area contributed by atoms with E-state index in [0.717, 1.165) is 44.3 Å². The lowest BCUT2D eigenvalue weighted by Crippen LogP contribution is -2.40. The molecule has 3 nitrogen and oxygen atoms in total. The first-order valence-electron chi connectivity index (χ1n) is 8.29. The predicted molar refractivity (Wildman–Crippen MR) is 83.1 cm³/mol. The van der Waals surface area contributed by atoms with Gasteiger partial charge < -0.3 is 10.1 Å². The van der Waals surface area contributed by atoms with E-state index in [4.69, 9.17) is 4.74 Å². The summed E-state index contributed by atoms with van der Waals surface area (Å²) in [7, 11) is 0. The Hall–Kier alpha value is -1.42. The molecule has 0 bridgehead atoms. The van der Waals surface area contributed by atoms with E-state index in [1.807, 2.05) is 12.1 Å². The summed E-state index contributed by atoms with van der Waals surface area (Å²) in [5.41, 5.74) is 0.532. The summed E-state index contributed by atoms with van der Waals surface area (Å²) in [6.07, 6.45) is 5.57. The average Bonchev–Trinajstić information content (AvgIpc) is 3.18. The number of rotatable bonds is 5. The van der Waals surface area contributed by atoms with Gasteiger partial charge in [-0.3, -0.25) is 4.79 Å². The molecule has 1 aromatic carbocycles. The van der Waals surface area contributed by atoms with Gasteiger partial charge in [-0.25, -0.2) is 4.39 Å². The first-order chi connectivity index (χ1) is 10.7. The van der Waals surface area contributed by atoms with Gasteiger partial charge in [0.05, 0.1) is 0 Å². The van der Waals surface area contributed by atoms with Gasteiger partial charge in [0.15, 0.2) is 0 Å². The Morgan fingerprint density at radius 1 is 1.32 bits per heavy atom. The molecule has 0 unspecified atom stereocenters. The Bertz CT molecular complexity index is 520. The van der Waals surface area contributed by atoms with Crippen molar-refractivity contribution in [3.63, 3.8) is 0 Å². The van der Waals surface area contributed by atoms with Gasteiger partial charge in [0, 0.05) is 31.6 Å². The van der Waals surface area contributed by atoms with Gasteiger partial charge in [0.2, 0.25) is 5.91 Å². The molecule has 2 fully saturated rings. The SMILES string of the molecule is O=C(C[C@H]1CCOC1)NCC1(c2ccccc2F)CCCC1. The van der Waals surface area contributed by atoms with Crippen LogP contribution in [-0.4, -0.2) is 25.7 Å². The van der Waals surface area contributed by atoms with Crippen LogP contribution in [0.25, 0.3) is 0 Å². The normalized spacial score (nSPS) is 23.6. The number of benzene rings is 1. The van der Waals surface area contributed by atoms with Crippen LogP contribution in [0.3, 0.4) is 0 Å². The number of hydrogen-bond acceptors (Lipinski definition) is 2. The van der Waals surface area contributed by atoms with Crippen molar-refractivity contribution in [1.29, 1.82) is 0 Å². The van der Waals surface area contributed by atoms with E-state index < -0.39 is 0 Å². The highest BCUT2D eigenvalue weighted by Gasteiger charge is 2.37. The zero-order valence-electron chi connectivity index (χ0n) is 12.9. The van der Waals surface area contributed by atoms with Crippen LogP contribution in [0.15, 0.2) is 24.3 Å². The van der Waals surface area contributed by atoms with Crippen molar-refractivity contribution in [3.05, 3.63) is 35.6 Å². The molecule has 1 aliphatic carbocycles. The summed E-state index contributed by atoms with van der Waals surface area (Å²) in [5.74, 6) is 0.258. The number of halogens is 1. The second-order valence-electron chi connectivity index (χ2n) is 6.68. The standard InChI is InChI=1S/C18H24FNO2/c19-16-6-2-1-5-15(16)18(8-3-4-9-18)13-20-17(21)11-14-7-10-22-12-14/h1-2,5-6,14H,3-4,7-13H2,(H,20,21)/t14-/m1/s1. The largest absolute Gasteiger partial charge is 0.381 e. The average molecular weight is 305 g/mol. The van der Waals surface area contributed by atoms with Crippen LogP contribution in [-0.2, 0) is 14.9 Å². The first kappa shape index (κ1) is 15.5. The molecule has 1 amide bonds. The predicted octanol–water partition coefficient (Wildman–Crippen LogP) is 3.18. The molecular formula is C18H24FNO2. The molecule has 1 aliphatic heterocycles. The topological polar surface area (TPSA) is 38.3 Å². The lowest BCUT2D eigenvalue weighted by molar-refractivity contribution is -0.122. The van der Waals surface area contributed by atoms with Crippen LogP contribution < -0.4 is 5.32 Å². The van der Waals surface area contributed by atoms with E-state index in [1.54, 1.807) is 6.07 Å². The summed E-state index contributed by atoms with van der Waals surface area (Å²) in [6.45, 7) is 1.99. The molecule has 2 aliphatic rings. The molecule has 3 rings (SSSR count). The second-order valence-corrected chi connectivity index (χ2v) is 6.68. The maximum absolute atomic E-state index is 14.2. The Morgan fingerprint density at radius 2 is 2.09 bits per heavy atom. The third kappa shape index (κ3) is 3.32. The Balaban J connectivity index is 1.64. The highest BCUT2D eigenvalue weighted by molar-refractivity contribution is 5.76. The molecule has 1 saturated carbocycles. The zero-order chi connectivity index (χ0) is 15.4. The van der Waals surface area contributed by atoms with Crippen LogP contribution in [0.4, 0.5) is 4.39 Å². The van der Waals surface area contributed by atoms with Gasteiger partial charge in [-0.15, -0.1) is 0 Å². The van der Waals surface area contributed by atoms with Crippen molar-refractivity contribution < 1.29 is 13.9 Å². The minimum absolute atomic E-state index is 0.0677. The lowest BCUT2D eigenvalue weighted by Gasteiger charge is -2.30. The molecule has 120 valence electrons. The van der Waals surface area contributed by atoms with Crippen molar-refractivity contribution in [2.24, 2.45) is 5.92 Å². The number of nitrogens with one attached hydrogen (secondary N) is 1. The van der Waals surface area contributed by atoms with Crippen molar-refractivity contribution in [2.75, 3.05) is 19.8 Å². The molecule has 1 N–H and O–H groups in total. The third-order valence-corrected chi connectivity index (χ3v) is 5.13. The van der Waals surface area contributed by atoms with Gasteiger partial charge in [-0.1, -0.05) is 31.0 Å². The minimum atomic E-state index is -0.229. The molecule has 0 aromatic heterocycles. The zero-order valence-corrected chi connectivity index (χ0v) is 12.9. The molecule has 22 heavy (non-hydrogen) atoms. The summed E-state index contributed by atoms with van der Waals surface area (Å²) in [5, 5.41) is 3.06. The number of carbonyl (C=O) groups is 1. The van der Waals surface area contributed by atoms with Crippen LogP contribution >= 0.6 is 0 Å². The molecule has 1 aromatic rings. The van der Waals surface area contributed by atoms with E-state index in [9.17, 15) is 9.18 Å². The molecular weight excluding hydrogens is 281 g/mol. The molecule has 1 atom stereocenters. The highest BCUT2D eigenvalue weighted by atomic mass is 19.1. The fraction of sp³-hybridized carbons (Fsp3) is 0.611. The first-order valence-corrected chi connectivity index (χ1v) is 8.29. The molecule has 0 spiro atoms. The van der Waals surface area contributed by atoms with E-state index in [0.29, 0.717) is 25.5 Å². The maximum atomic E-state index is 14.2. The van der Waals surface area contributed by atoms with Gasteiger partial charge in [-0.2, -0.15) is 0 Å². The Labute approximate surface area is 131 Å². The van der Waals surface area contributed by atoms with Crippen molar-refractivity contribution in [2.45, 2.75) is 43.9 Å². The molecule has 4 heteroatoms. The van der Waals surface area contributed by atoms with Crippen molar-refractivity contribution in [3.8, 4) is 0 Å². The molecule has 1 saturated heterocycles. The molecule has 1 heterocycles. The number of carbonyl (C=O) groups excluding carboxylic acids is 1. The number of hydrogen-bond donors (Lipinski definition) is 1. The smallest absolute Gasteiger partial charge is 0.220 e. The van der Waals surface area contributed by atoms with Crippen LogP contribution in [0, 0.1) is 11.7 Å². The van der Waals surface area contributed by atoms with Gasteiger partial charge in [0.1, 0.15) is 5.82 Å². The van der Waals surface area contributed by atoms with Crippen LogP contribution in [0.2, 0.25) is 0 Å². The summed E-state index contributed by atoms with van der Waals surface area (Å²) < 4.78 is 19.5. The Morgan fingerprint density at radius 3 is 2.77 bits per heavy atom. The number of ether oxygens (including phenoxy) is 1. The third-order valence-electron chi connectivity index (χ3n) is 5.13. The summed E-state index contributed by atoms with van der Waals surface area (Å²) in [6, 6.07) is 7.00. The maximum Gasteiger partial charge on any atom is 0.220 e. The fourth-order valence-electron chi connectivity index (χ4n) is 3.83. The summed E-state index contributed by atoms with van der Waals surface area (Å²) in [4.78, 5) is 12.2. The Kier molecular flexibility index (Phi) is 4.77. The van der Waals surface area contributed by atoms with Crippen LogP contribution in [0.5, 0.6) is 0 Å². The summed E-state index contributed by atoms with van der Waals surface area (Å²) >= 11 is 0. The van der Waals surface area contributed by atoms with Gasteiger partial charge in [-0.05, 0) is 36.8 Å². The van der Waals surface area contributed by atoms with Crippen LogP contribution in [0.1, 0.15) is 44.1 Å².